The molecular weight excluding hydrogens is 142 g/mol. The van der Waals surface area contributed by atoms with Crippen LogP contribution in [0, 0.1) is 0 Å². The summed E-state index contributed by atoms with van der Waals surface area (Å²) in [5.74, 6) is 0. The summed E-state index contributed by atoms with van der Waals surface area (Å²) in [6.45, 7) is 0. The van der Waals surface area contributed by atoms with Gasteiger partial charge in [-0.15, -0.1) is 5.10 Å². The predicted octanol–water partition coefficient (Wildman–Crippen LogP) is 0.318. The number of hydrogen-bond acceptors (Lipinski definition) is 3. The van der Waals surface area contributed by atoms with Gasteiger partial charge in [0.05, 0.1) is 5.52 Å². The van der Waals surface area contributed by atoms with Crippen molar-refractivity contribution in [3.8, 4) is 0 Å². The zero-order valence-electron chi connectivity index (χ0n) is 5.61. The third kappa shape index (κ3) is 0.980. The number of hydrogen-bond donors (Lipinski definition) is 1. The second kappa shape index (κ2) is 2.16. The average Bonchev–Trinajstić information content (AvgIpc) is 2.04. The second-order valence-electron chi connectivity index (χ2n) is 2.15. The molecule has 0 aliphatic rings. The SMILES string of the molecule is O=c1nnc2ccccc2[nH]1. The van der Waals surface area contributed by atoms with Crippen molar-refractivity contribution in [1.82, 2.24) is 15.2 Å². The molecule has 2 rings (SSSR count). The van der Waals surface area contributed by atoms with E-state index in [9.17, 15) is 4.79 Å². The third-order valence-electron chi connectivity index (χ3n) is 1.39. The lowest BCUT2D eigenvalue weighted by Crippen LogP contribution is -2.11. The highest BCUT2D eigenvalue weighted by atomic mass is 16.1. The van der Waals surface area contributed by atoms with E-state index < -0.39 is 5.69 Å². The maximum absolute atomic E-state index is 10.7. The van der Waals surface area contributed by atoms with Gasteiger partial charge in [0.25, 0.3) is 0 Å². The highest BCUT2D eigenvalue weighted by Crippen LogP contribution is 2.02. The Morgan fingerprint density at radius 2 is 2.00 bits per heavy atom. The molecule has 0 unspecified atom stereocenters. The Morgan fingerprint density at radius 1 is 1.18 bits per heavy atom. The lowest BCUT2D eigenvalue weighted by atomic mass is 10.3. The quantitative estimate of drug-likeness (QED) is 0.583. The molecule has 1 N–H and O–H groups in total. The molecule has 0 atom stereocenters. The molecular formula is C7H5N3O. The van der Waals surface area contributed by atoms with E-state index in [4.69, 9.17) is 0 Å². The number of aromatic nitrogens is 3. The monoisotopic (exact) mass is 147 g/mol. The smallest absolute Gasteiger partial charge is 0.303 e. The fraction of sp³-hybridized carbons (Fsp3) is 0. The van der Waals surface area contributed by atoms with Crippen LogP contribution in [0.3, 0.4) is 0 Å². The Morgan fingerprint density at radius 3 is 2.91 bits per heavy atom. The zero-order chi connectivity index (χ0) is 7.68. The molecule has 1 heterocycles. The fourth-order valence-corrected chi connectivity index (χ4v) is 0.906. The van der Waals surface area contributed by atoms with Gasteiger partial charge in [-0.2, -0.15) is 0 Å². The molecule has 0 saturated heterocycles. The Kier molecular flexibility index (Phi) is 1.18. The summed E-state index contributed by atoms with van der Waals surface area (Å²) >= 11 is 0. The standard InChI is InChI=1S/C7H5N3O/c11-7-8-5-3-1-2-4-6(5)9-10-7/h1-4H,(H,8,10,11). The van der Waals surface area contributed by atoms with Crippen LogP contribution in [-0.4, -0.2) is 15.2 Å². The summed E-state index contributed by atoms with van der Waals surface area (Å²) in [5, 5.41) is 7.03. The first-order chi connectivity index (χ1) is 5.36. The lowest BCUT2D eigenvalue weighted by molar-refractivity contribution is 0.961. The average molecular weight is 147 g/mol. The first kappa shape index (κ1) is 6.03. The molecule has 0 amide bonds. The van der Waals surface area contributed by atoms with Gasteiger partial charge in [-0.25, -0.2) is 4.79 Å². The molecule has 0 aliphatic carbocycles. The molecule has 0 saturated carbocycles. The van der Waals surface area contributed by atoms with E-state index in [2.05, 4.69) is 15.2 Å². The van der Waals surface area contributed by atoms with Crippen LogP contribution in [0.15, 0.2) is 29.1 Å². The van der Waals surface area contributed by atoms with E-state index in [-0.39, 0.29) is 0 Å². The molecule has 4 heteroatoms. The molecule has 0 radical (unpaired) electrons. The van der Waals surface area contributed by atoms with Crippen molar-refractivity contribution in [3.63, 3.8) is 0 Å². The van der Waals surface area contributed by atoms with Gasteiger partial charge in [0, 0.05) is 0 Å². The van der Waals surface area contributed by atoms with Gasteiger partial charge in [-0.3, -0.25) is 0 Å². The summed E-state index contributed by atoms with van der Waals surface area (Å²) in [7, 11) is 0. The maximum Gasteiger partial charge on any atom is 0.364 e. The number of nitrogens with zero attached hydrogens (tertiary/aromatic N) is 2. The minimum Gasteiger partial charge on any atom is -0.303 e. The lowest BCUT2D eigenvalue weighted by Gasteiger charge is -1.90. The molecule has 11 heavy (non-hydrogen) atoms. The van der Waals surface area contributed by atoms with E-state index in [0.717, 1.165) is 0 Å². The highest BCUT2D eigenvalue weighted by Gasteiger charge is 1.92. The first-order valence-electron chi connectivity index (χ1n) is 3.18. The number of benzene rings is 1. The second-order valence-corrected chi connectivity index (χ2v) is 2.15. The molecule has 2 aromatic rings. The molecule has 1 aromatic heterocycles. The van der Waals surface area contributed by atoms with Crippen LogP contribution < -0.4 is 5.69 Å². The molecule has 4 nitrogen and oxygen atoms in total. The van der Waals surface area contributed by atoms with Crippen molar-refractivity contribution in [2.75, 3.05) is 0 Å². The van der Waals surface area contributed by atoms with E-state index in [0.29, 0.717) is 11.0 Å². The van der Waals surface area contributed by atoms with Gasteiger partial charge in [0.1, 0.15) is 5.52 Å². The molecule has 0 aliphatic heterocycles. The molecule has 0 bridgehead atoms. The van der Waals surface area contributed by atoms with Gasteiger partial charge in [0.2, 0.25) is 0 Å². The number of fused-ring (bicyclic) bond motifs is 1. The zero-order valence-corrected chi connectivity index (χ0v) is 5.61. The van der Waals surface area contributed by atoms with Crippen molar-refractivity contribution in [2.45, 2.75) is 0 Å². The van der Waals surface area contributed by atoms with Crippen LogP contribution in [-0.2, 0) is 0 Å². The largest absolute Gasteiger partial charge is 0.364 e. The normalized spacial score (nSPS) is 10.2. The third-order valence-corrected chi connectivity index (χ3v) is 1.39. The summed E-state index contributed by atoms with van der Waals surface area (Å²) in [6, 6.07) is 7.25. The van der Waals surface area contributed by atoms with Crippen LogP contribution in [0.2, 0.25) is 0 Å². The highest BCUT2D eigenvalue weighted by molar-refractivity contribution is 5.72. The molecule has 54 valence electrons. The molecule has 1 aromatic carbocycles. The van der Waals surface area contributed by atoms with Gasteiger partial charge >= 0.3 is 5.69 Å². The summed E-state index contributed by atoms with van der Waals surface area (Å²) < 4.78 is 0. The summed E-state index contributed by atoms with van der Waals surface area (Å²) in [6.07, 6.45) is 0. The van der Waals surface area contributed by atoms with Crippen LogP contribution >= 0.6 is 0 Å². The van der Waals surface area contributed by atoms with Crippen molar-refractivity contribution < 1.29 is 0 Å². The molecule has 0 spiro atoms. The van der Waals surface area contributed by atoms with Gasteiger partial charge in [-0.1, -0.05) is 17.2 Å². The molecule has 0 fully saturated rings. The number of H-pyrrole nitrogens is 1. The van der Waals surface area contributed by atoms with Crippen molar-refractivity contribution in [1.29, 1.82) is 0 Å². The minimum absolute atomic E-state index is 0.413. The number of aromatic amines is 1. The van der Waals surface area contributed by atoms with Crippen molar-refractivity contribution >= 4 is 11.0 Å². The summed E-state index contributed by atoms with van der Waals surface area (Å²) in [5.41, 5.74) is 1.00. The van der Waals surface area contributed by atoms with E-state index in [1.807, 2.05) is 12.1 Å². The van der Waals surface area contributed by atoms with Crippen LogP contribution in [0.4, 0.5) is 0 Å². The fourth-order valence-electron chi connectivity index (χ4n) is 0.906. The van der Waals surface area contributed by atoms with Crippen LogP contribution in [0.1, 0.15) is 0 Å². The number of nitrogens with one attached hydrogen (secondary N) is 1. The Balaban J connectivity index is 2.94. The van der Waals surface area contributed by atoms with Crippen molar-refractivity contribution in [3.05, 3.63) is 34.7 Å². The Labute approximate surface area is 61.9 Å². The Hall–Kier alpha value is -1.71. The van der Waals surface area contributed by atoms with Gasteiger partial charge < -0.3 is 4.98 Å². The van der Waals surface area contributed by atoms with E-state index in [1.54, 1.807) is 12.1 Å². The van der Waals surface area contributed by atoms with Crippen LogP contribution in [0.25, 0.3) is 11.0 Å². The van der Waals surface area contributed by atoms with Crippen LogP contribution in [0.5, 0.6) is 0 Å². The number of rotatable bonds is 0. The van der Waals surface area contributed by atoms with E-state index in [1.165, 1.54) is 0 Å². The number of para-hydroxylation sites is 1. The summed E-state index contributed by atoms with van der Waals surface area (Å²) in [4.78, 5) is 13.2. The predicted molar refractivity (Wildman–Crippen MR) is 40.2 cm³/mol. The first-order valence-corrected chi connectivity index (χ1v) is 3.18. The maximum atomic E-state index is 10.7. The topological polar surface area (TPSA) is 58.6 Å². The van der Waals surface area contributed by atoms with Gasteiger partial charge in [-0.05, 0) is 12.1 Å². The minimum atomic E-state index is -0.413. The van der Waals surface area contributed by atoms with E-state index >= 15 is 0 Å². The van der Waals surface area contributed by atoms with Crippen molar-refractivity contribution in [2.24, 2.45) is 0 Å². The van der Waals surface area contributed by atoms with Gasteiger partial charge in [0.15, 0.2) is 0 Å². The Bertz CT molecular complexity index is 435.